The van der Waals surface area contributed by atoms with Gasteiger partial charge in [0.05, 0.1) is 11.7 Å². The fourth-order valence-electron chi connectivity index (χ4n) is 3.34. The molecule has 4 nitrogen and oxygen atoms in total. The molecule has 2 saturated heterocycles. The van der Waals surface area contributed by atoms with Crippen LogP contribution >= 0.6 is 11.3 Å². The van der Waals surface area contributed by atoms with Crippen LogP contribution in [-0.4, -0.2) is 40.5 Å². The number of fused-ring (bicyclic) bond motifs is 1. The van der Waals surface area contributed by atoms with Crippen LogP contribution < -0.4 is 5.32 Å². The molecule has 0 unspecified atom stereocenters. The van der Waals surface area contributed by atoms with Gasteiger partial charge in [0.25, 0.3) is 5.91 Å². The molecule has 3 heterocycles. The molecule has 3 rings (SSSR count). The molecule has 1 amide bonds. The number of aromatic nitrogens is 1. The van der Waals surface area contributed by atoms with Crippen LogP contribution in [0, 0.1) is 0 Å². The molecule has 98 valence electrons. The highest BCUT2D eigenvalue weighted by Crippen LogP contribution is 2.34. The zero-order valence-electron chi connectivity index (χ0n) is 10.7. The van der Waals surface area contributed by atoms with Crippen molar-refractivity contribution in [2.75, 3.05) is 13.1 Å². The van der Waals surface area contributed by atoms with Gasteiger partial charge in [-0.3, -0.25) is 9.78 Å². The number of amides is 1. The Kier molecular flexibility index (Phi) is 3.11. The molecule has 1 N–H and O–H groups in total. The third-order valence-corrected chi connectivity index (χ3v) is 5.06. The Morgan fingerprint density at radius 2 is 2.50 bits per heavy atom. The molecule has 0 radical (unpaired) electrons. The van der Waals surface area contributed by atoms with E-state index in [2.05, 4.69) is 22.1 Å². The maximum Gasteiger partial charge on any atom is 0.265 e. The second-order valence-electron chi connectivity index (χ2n) is 5.47. The smallest absolute Gasteiger partial charge is 0.265 e. The lowest BCUT2D eigenvalue weighted by molar-refractivity contribution is 0.0257. The molecule has 2 fully saturated rings. The first-order valence-electron chi connectivity index (χ1n) is 6.65. The van der Waals surface area contributed by atoms with Crippen molar-refractivity contribution in [2.45, 2.75) is 44.2 Å². The number of nitrogens with one attached hydrogen (secondary N) is 1. The van der Waals surface area contributed by atoms with Crippen LogP contribution in [-0.2, 0) is 0 Å². The van der Waals surface area contributed by atoms with Crippen LogP contribution in [0.1, 0.15) is 42.3 Å². The first-order valence-corrected chi connectivity index (χ1v) is 7.53. The molecule has 18 heavy (non-hydrogen) atoms. The standard InChI is InChI=1S/C13H19N3OS/c1-13-5-3-7-16(11(13)4-2-6-15-13)12(17)10-8-14-9-18-10/h8-9,11,15H,2-7H2,1H3/t11-,13+/m1/s1. The average Bonchev–Trinajstić information content (AvgIpc) is 2.90. The van der Waals surface area contributed by atoms with Crippen LogP contribution in [0.5, 0.6) is 0 Å². The summed E-state index contributed by atoms with van der Waals surface area (Å²) in [4.78, 5) is 19.4. The van der Waals surface area contributed by atoms with E-state index in [0.29, 0.717) is 6.04 Å². The summed E-state index contributed by atoms with van der Waals surface area (Å²) in [6, 6.07) is 0.342. The topological polar surface area (TPSA) is 45.2 Å². The molecule has 2 aliphatic rings. The Morgan fingerprint density at radius 3 is 3.28 bits per heavy atom. The van der Waals surface area contributed by atoms with Gasteiger partial charge in [0.1, 0.15) is 4.88 Å². The lowest BCUT2D eigenvalue weighted by Crippen LogP contribution is -2.65. The van der Waals surface area contributed by atoms with Crippen molar-refractivity contribution in [3.63, 3.8) is 0 Å². The summed E-state index contributed by atoms with van der Waals surface area (Å²) in [5.74, 6) is 0.164. The van der Waals surface area contributed by atoms with Crippen LogP contribution in [0.3, 0.4) is 0 Å². The number of piperidine rings is 2. The summed E-state index contributed by atoms with van der Waals surface area (Å²) >= 11 is 1.44. The minimum absolute atomic E-state index is 0.108. The van der Waals surface area contributed by atoms with Gasteiger partial charge < -0.3 is 10.2 Å². The van der Waals surface area contributed by atoms with Crippen molar-refractivity contribution < 1.29 is 4.79 Å². The van der Waals surface area contributed by atoms with Crippen molar-refractivity contribution in [2.24, 2.45) is 0 Å². The van der Waals surface area contributed by atoms with Crippen LogP contribution in [0.15, 0.2) is 11.7 Å². The highest BCUT2D eigenvalue weighted by molar-refractivity contribution is 7.11. The lowest BCUT2D eigenvalue weighted by Gasteiger charge is -2.51. The quantitative estimate of drug-likeness (QED) is 0.843. The summed E-state index contributed by atoms with van der Waals surface area (Å²) in [6.45, 7) is 4.23. The van der Waals surface area contributed by atoms with Crippen molar-refractivity contribution in [1.29, 1.82) is 0 Å². The summed E-state index contributed by atoms with van der Waals surface area (Å²) < 4.78 is 0. The van der Waals surface area contributed by atoms with Crippen LogP contribution in [0.4, 0.5) is 0 Å². The number of nitrogens with zero attached hydrogens (tertiary/aromatic N) is 2. The monoisotopic (exact) mass is 265 g/mol. The maximum atomic E-state index is 12.5. The predicted octanol–water partition coefficient (Wildman–Crippen LogP) is 1.89. The molecule has 0 bridgehead atoms. The van der Waals surface area contributed by atoms with Gasteiger partial charge in [0.15, 0.2) is 0 Å². The number of carbonyl (C=O) groups excluding carboxylic acids is 1. The van der Waals surface area contributed by atoms with Gasteiger partial charge in [0.2, 0.25) is 0 Å². The van der Waals surface area contributed by atoms with Gasteiger partial charge in [-0.1, -0.05) is 0 Å². The number of thiazole rings is 1. The summed E-state index contributed by atoms with van der Waals surface area (Å²) in [7, 11) is 0. The van der Waals surface area contributed by atoms with Crippen LogP contribution in [0.2, 0.25) is 0 Å². The first-order chi connectivity index (χ1) is 8.71. The minimum Gasteiger partial charge on any atom is -0.333 e. The van der Waals surface area contributed by atoms with Gasteiger partial charge in [-0.2, -0.15) is 0 Å². The molecule has 2 aliphatic heterocycles. The molecule has 1 aromatic heterocycles. The van der Waals surface area contributed by atoms with E-state index in [0.717, 1.165) is 37.2 Å². The normalized spacial score (nSPS) is 32.1. The second-order valence-corrected chi connectivity index (χ2v) is 6.36. The fourth-order valence-corrected chi connectivity index (χ4v) is 3.91. The van der Waals surface area contributed by atoms with E-state index in [9.17, 15) is 4.79 Å². The Hall–Kier alpha value is -0.940. The second kappa shape index (κ2) is 4.63. The summed E-state index contributed by atoms with van der Waals surface area (Å²) in [5, 5.41) is 3.62. The Balaban J connectivity index is 1.85. The van der Waals surface area contributed by atoms with Crippen molar-refractivity contribution >= 4 is 17.2 Å². The van der Waals surface area contributed by atoms with E-state index in [4.69, 9.17) is 0 Å². The zero-order chi connectivity index (χ0) is 12.6. The van der Waals surface area contributed by atoms with E-state index < -0.39 is 0 Å². The third kappa shape index (κ3) is 1.95. The van der Waals surface area contributed by atoms with Crippen molar-refractivity contribution in [3.05, 3.63) is 16.6 Å². The van der Waals surface area contributed by atoms with E-state index in [1.54, 1.807) is 11.7 Å². The zero-order valence-corrected chi connectivity index (χ0v) is 11.5. The SMILES string of the molecule is C[C@]12CCCN(C(=O)c3cncs3)[C@@H]1CCCN2. The molecule has 0 aromatic carbocycles. The van der Waals surface area contributed by atoms with Gasteiger partial charge in [-0.15, -0.1) is 11.3 Å². The number of hydrogen-bond acceptors (Lipinski definition) is 4. The molecule has 0 aliphatic carbocycles. The van der Waals surface area contributed by atoms with Crippen molar-refractivity contribution in [3.8, 4) is 0 Å². The first kappa shape index (κ1) is 12.1. The highest BCUT2D eigenvalue weighted by Gasteiger charge is 2.44. The Labute approximate surface area is 111 Å². The predicted molar refractivity (Wildman–Crippen MR) is 71.8 cm³/mol. The number of rotatable bonds is 1. The molecular formula is C13H19N3OS. The Morgan fingerprint density at radius 1 is 1.61 bits per heavy atom. The third-order valence-electron chi connectivity index (χ3n) is 4.29. The van der Waals surface area contributed by atoms with E-state index in [1.165, 1.54) is 17.8 Å². The summed E-state index contributed by atoms with van der Waals surface area (Å²) in [5.41, 5.74) is 1.84. The van der Waals surface area contributed by atoms with Gasteiger partial charge in [0, 0.05) is 18.1 Å². The number of likely N-dealkylation sites (tertiary alicyclic amines) is 1. The van der Waals surface area contributed by atoms with E-state index in [1.807, 2.05) is 0 Å². The highest BCUT2D eigenvalue weighted by atomic mass is 32.1. The minimum atomic E-state index is 0.108. The molecule has 2 atom stereocenters. The number of carbonyl (C=O) groups is 1. The molecule has 1 aromatic rings. The van der Waals surface area contributed by atoms with Crippen molar-refractivity contribution in [1.82, 2.24) is 15.2 Å². The molecular weight excluding hydrogens is 246 g/mol. The molecule has 0 saturated carbocycles. The Bertz CT molecular complexity index is 429. The molecule has 5 heteroatoms. The average molecular weight is 265 g/mol. The fraction of sp³-hybridized carbons (Fsp3) is 0.692. The van der Waals surface area contributed by atoms with Crippen LogP contribution in [0.25, 0.3) is 0 Å². The van der Waals surface area contributed by atoms with E-state index >= 15 is 0 Å². The molecule has 0 spiro atoms. The van der Waals surface area contributed by atoms with E-state index in [-0.39, 0.29) is 11.4 Å². The maximum absolute atomic E-state index is 12.5. The number of hydrogen-bond donors (Lipinski definition) is 1. The van der Waals surface area contributed by atoms with Gasteiger partial charge in [-0.05, 0) is 39.2 Å². The lowest BCUT2D eigenvalue weighted by atomic mass is 9.78. The largest absolute Gasteiger partial charge is 0.333 e. The van der Waals surface area contributed by atoms with Gasteiger partial charge in [-0.25, -0.2) is 0 Å². The summed E-state index contributed by atoms with van der Waals surface area (Å²) in [6.07, 6.45) is 6.23. The van der Waals surface area contributed by atoms with Gasteiger partial charge >= 0.3 is 0 Å².